The second kappa shape index (κ2) is 11.6. The number of anilines is 2. The molecule has 1 unspecified atom stereocenters. The first-order chi connectivity index (χ1) is 18.4. The van der Waals surface area contributed by atoms with Crippen molar-refractivity contribution in [3.63, 3.8) is 0 Å². The van der Waals surface area contributed by atoms with Crippen molar-refractivity contribution in [2.45, 2.75) is 17.1 Å². The maximum absolute atomic E-state index is 12.9. The van der Waals surface area contributed by atoms with Crippen molar-refractivity contribution in [3.05, 3.63) is 106 Å². The van der Waals surface area contributed by atoms with Crippen LogP contribution in [0.25, 0.3) is 22.0 Å². The molecule has 4 aromatic carbocycles. The van der Waals surface area contributed by atoms with Crippen LogP contribution in [0.4, 0.5) is 10.8 Å². The van der Waals surface area contributed by atoms with E-state index in [1.54, 1.807) is 18.2 Å². The molecule has 0 saturated heterocycles. The summed E-state index contributed by atoms with van der Waals surface area (Å²) < 4.78 is 0. The SMILES string of the molecule is CC(Sc1cccc(NC(=O)c2ccc3ccccc3c2)c1)C(=O)Nc1nc(-c2ccc(Cl)cc2Cl)cs1. The quantitative estimate of drug-likeness (QED) is 0.190. The fraction of sp³-hybridized carbons (Fsp3) is 0.0690. The van der Waals surface area contributed by atoms with Gasteiger partial charge in [0.15, 0.2) is 5.13 Å². The first kappa shape index (κ1) is 26.3. The van der Waals surface area contributed by atoms with Crippen molar-refractivity contribution in [1.29, 1.82) is 0 Å². The van der Waals surface area contributed by atoms with Crippen LogP contribution in [0.5, 0.6) is 0 Å². The van der Waals surface area contributed by atoms with Gasteiger partial charge in [-0.2, -0.15) is 0 Å². The van der Waals surface area contributed by atoms with Crippen molar-refractivity contribution >= 4 is 79.7 Å². The van der Waals surface area contributed by atoms with Crippen LogP contribution in [0.15, 0.2) is 95.2 Å². The molecule has 5 rings (SSSR count). The summed E-state index contributed by atoms with van der Waals surface area (Å²) >= 11 is 15.0. The van der Waals surface area contributed by atoms with E-state index in [0.29, 0.717) is 32.1 Å². The van der Waals surface area contributed by atoms with Crippen molar-refractivity contribution in [2.75, 3.05) is 10.6 Å². The van der Waals surface area contributed by atoms with E-state index in [4.69, 9.17) is 23.2 Å². The van der Waals surface area contributed by atoms with Crippen LogP contribution in [0.3, 0.4) is 0 Å². The molecule has 0 aliphatic rings. The third-order valence-electron chi connectivity index (χ3n) is 5.73. The highest BCUT2D eigenvalue weighted by Crippen LogP contribution is 2.33. The molecule has 0 spiro atoms. The molecule has 0 fully saturated rings. The monoisotopic (exact) mass is 577 g/mol. The van der Waals surface area contributed by atoms with Crippen LogP contribution < -0.4 is 10.6 Å². The van der Waals surface area contributed by atoms with E-state index in [1.165, 1.54) is 23.1 Å². The zero-order chi connectivity index (χ0) is 26.6. The Morgan fingerprint density at radius 1 is 0.895 bits per heavy atom. The molecule has 190 valence electrons. The largest absolute Gasteiger partial charge is 0.322 e. The zero-order valence-corrected chi connectivity index (χ0v) is 23.2. The molecule has 0 aliphatic carbocycles. The fourth-order valence-corrected chi connectivity index (χ4v) is 5.94. The highest BCUT2D eigenvalue weighted by Gasteiger charge is 2.18. The van der Waals surface area contributed by atoms with Gasteiger partial charge < -0.3 is 10.6 Å². The number of thioether (sulfide) groups is 1. The second-order valence-corrected chi connectivity index (χ2v) is 11.6. The number of thiazole rings is 1. The van der Waals surface area contributed by atoms with Crippen molar-refractivity contribution in [3.8, 4) is 11.3 Å². The lowest BCUT2D eigenvalue weighted by Crippen LogP contribution is -2.22. The van der Waals surface area contributed by atoms with Gasteiger partial charge in [-0.1, -0.05) is 59.6 Å². The molecule has 5 nitrogen and oxygen atoms in total. The first-order valence-electron chi connectivity index (χ1n) is 11.6. The molecule has 1 heterocycles. The molecular formula is C29H21Cl2N3O2S2. The Labute approximate surface area is 238 Å². The minimum absolute atomic E-state index is 0.177. The van der Waals surface area contributed by atoms with Crippen LogP contribution >= 0.6 is 46.3 Å². The number of carbonyl (C=O) groups excluding carboxylic acids is 2. The Bertz CT molecular complexity index is 1650. The summed E-state index contributed by atoms with van der Waals surface area (Å²) in [6.07, 6.45) is 0. The number of carbonyl (C=O) groups is 2. The molecular weight excluding hydrogens is 557 g/mol. The Hall–Kier alpha value is -3.36. The summed E-state index contributed by atoms with van der Waals surface area (Å²) in [4.78, 5) is 31.0. The lowest BCUT2D eigenvalue weighted by Gasteiger charge is -2.12. The van der Waals surface area contributed by atoms with Gasteiger partial charge in [0.05, 0.1) is 16.0 Å². The standard InChI is InChI=1S/C29H21Cl2N3O2S2/c1-17(27(35)34-29-33-26(16-37-29)24-12-11-21(30)14-25(24)31)38-23-8-4-7-22(15-23)32-28(36)20-10-9-18-5-2-3-6-19(18)13-20/h2-17H,1H3,(H,32,36)(H,33,34,35). The minimum atomic E-state index is -0.395. The van der Waals surface area contributed by atoms with Gasteiger partial charge in [-0.15, -0.1) is 23.1 Å². The molecule has 0 saturated carbocycles. The van der Waals surface area contributed by atoms with Crippen molar-refractivity contribution < 1.29 is 9.59 Å². The number of hydrogen-bond acceptors (Lipinski definition) is 5. The number of benzene rings is 4. The van der Waals surface area contributed by atoms with E-state index in [1.807, 2.05) is 79.0 Å². The maximum Gasteiger partial charge on any atom is 0.255 e. The normalized spacial score (nSPS) is 11.8. The average Bonchev–Trinajstić information content (AvgIpc) is 3.36. The van der Waals surface area contributed by atoms with Crippen LogP contribution in [0.1, 0.15) is 17.3 Å². The maximum atomic E-state index is 12.9. The van der Waals surface area contributed by atoms with E-state index in [2.05, 4.69) is 15.6 Å². The van der Waals surface area contributed by atoms with E-state index >= 15 is 0 Å². The zero-order valence-electron chi connectivity index (χ0n) is 20.1. The summed E-state index contributed by atoms with van der Waals surface area (Å²) in [6.45, 7) is 1.82. The topological polar surface area (TPSA) is 71.1 Å². The molecule has 0 bridgehead atoms. The summed E-state index contributed by atoms with van der Waals surface area (Å²) in [7, 11) is 0. The number of fused-ring (bicyclic) bond motifs is 1. The molecule has 9 heteroatoms. The van der Waals surface area contributed by atoms with Gasteiger partial charge in [-0.25, -0.2) is 4.98 Å². The van der Waals surface area contributed by atoms with Gasteiger partial charge in [0.1, 0.15) is 0 Å². The van der Waals surface area contributed by atoms with E-state index in [-0.39, 0.29) is 11.8 Å². The second-order valence-electron chi connectivity index (χ2n) is 8.46. The first-order valence-corrected chi connectivity index (χ1v) is 14.2. The third kappa shape index (κ3) is 6.19. The van der Waals surface area contributed by atoms with E-state index in [0.717, 1.165) is 21.2 Å². The number of aromatic nitrogens is 1. The third-order valence-corrected chi connectivity index (χ3v) is 8.13. The highest BCUT2D eigenvalue weighted by molar-refractivity contribution is 8.00. The summed E-state index contributed by atoms with van der Waals surface area (Å²) in [5.74, 6) is -0.368. The van der Waals surface area contributed by atoms with Crippen LogP contribution in [-0.2, 0) is 4.79 Å². The van der Waals surface area contributed by atoms with Gasteiger partial charge in [-0.05, 0) is 66.2 Å². The van der Waals surface area contributed by atoms with Gasteiger partial charge in [0, 0.05) is 32.1 Å². The Kier molecular flexibility index (Phi) is 8.00. The summed E-state index contributed by atoms with van der Waals surface area (Å²) in [5, 5.41) is 10.9. The van der Waals surface area contributed by atoms with E-state index < -0.39 is 5.25 Å². The molecule has 2 amide bonds. The molecule has 38 heavy (non-hydrogen) atoms. The Balaban J connectivity index is 1.21. The Morgan fingerprint density at radius 3 is 2.53 bits per heavy atom. The molecule has 1 aromatic heterocycles. The molecule has 5 aromatic rings. The van der Waals surface area contributed by atoms with Crippen LogP contribution in [0.2, 0.25) is 10.0 Å². The average molecular weight is 579 g/mol. The fourth-order valence-electron chi connectivity index (χ4n) is 3.80. The molecule has 2 N–H and O–H groups in total. The van der Waals surface area contributed by atoms with Gasteiger partial charge in [0.2, 0.25) is 5.91 Å². The van der Waals surface area contributed by atoms with Crippen LogP contribution in [0, 0.1) is 0 Å². The van der Waals surface area contributed by atoms with Gasteiger partial charge >= 0.3 is 0 Å². The molecule has 0 aliphatic heterocycles. The number of nitrogens with one attached hydrogen (secondary N) is 2. The Morgan fingerprint density at radius 2 is 1.71 bits per heavy atom. The highest BCUT2D eigenvalue weighted by atomic mass is 35.5. The van der Waals surface area contributed by atoms with Gasteiger partial charge in [-0.3, -0.25) is 9.59 Å². The smallest absolute Gasteiger partial charge is 0.255 e. The number of halogens is 2. The summed E-state index contributed by atoms with van der Waals surface area (Å²) in [6, 6.07) is 26.2. The van der Waals surface area contributed by atoms with E-state index in [9.17, 15) is 9.59 Å². The summed E-state index contributed by atoms with van der Waals surface area (Å²) in [5.41, 5.74) is 2.65. The number of rotatable bonds is 7. The molecule has 1 atom stereocenters. The number of hydrogen-bond donors (Lipinski definition) is 2. The predicted molar refractivity (Wildman–Crippen MR) is 160 cm³/mol. The van der Waals surface area contributed by atoms with Crippen molar-refractivity contribution in [1.82, 2.24) is 4.98 Å². The minimum Gasteiger partial charge on any atom is -0.322 e. The number of amides is 2. The van der Waals surface area contributed by atoms with Crippen molar-refractivity contribution in [2.24, 2.45) is 0 Å². The van der Waals surface area contributed by atoms with Crippen LogP contribution in [-0.4, -0.2) is 22.0 Å². The predicted octanol–water partition coefficient (Wildman–Crippen LogP) is 8.64. The van der Waals surface area contributed by atoms with Gasteiger partial charge in [0.25, 0.3) is 5.91 Å². The number of nitrogens with zero attached hydrogens (tertiary/aromatic N) is 1. The lowest BCUT2D eigenvalue weighted by atomic mass is 10.1. The molecule has 0 radical (unpaired) electrons. The lowest BCUT2D eigenvalue weighted by molar-refractivity contribution is -0.115.